The highest BCUT2D eigenvalue weighted by molar-refractivity contribution is 5.77. The van der Waals surface area contributed by atoms with Gasteiger partial charge in [0.15, 0.2) is 5.82 Å². The molecule has 6 aliphatic rings. The highest BCUT2D eigenvalue weighted by Crippen LogP contribution is 2.60. The van der Waals surface area contributed by atoms with E-state index < -0.39 is 11.6 Å². The number of amides is 2. The third-order valence-electron chi connectivity index (χ3n) is 10.2. The van der Waals surface area contributed by atoms with Crippen molar-refractivity contribution in [1.82, 2.24) is 34.5 Å². The molecule has 37 heavy (non-hydrogen) atoms. The fraction of sp³-hybridized carbons (Fsp3) is 0.769. The number of hydrogen-bond acceptors (Lipinski definition) is 4. The van der Waals surface area contributed by atoms with Crippen LogP contribution >= 0.6 is 0 Å². The molecule has 2 amide bonds. The van der Waals surface area contributed by atoms with E-state index >= 15 is 0 Å². The van der Waals surface area contributed by atoms with Gasteiger partial charge in [-0.1, -0.05) is 0 Å². The number of nitrogens with one attached hydrogen (secondary N) is 1. The minimum absolute atomic E-state index is 0.148. The number of nitrogens with zero attached hydrogens (tertiary/aromatic N) is 6. The Morgan fingerprint density at radius 3 is 2.24 bits per heavy atom. The molecule has 0 bridgehead atoms. The summed E-state index contributed by atoms with van der Waals surface area (Å²) in [6, 6.07) is 0.148. The van der Waals surface area contributed by atoms with E-state index in [1.54, 1.807) is 10.9 Å². The Morgan fingerprint density at radius 1 is 1.00 bits per heavy atom. The number of H-pyrrole nitrogens is 1. The first-order chi connectivity index (χ1) is 17.7. The van der Waals surface area contributed by atoms with E-state index in [1.165, 1.54) is 19.0 Å². The summed E-state index contributed by atoms with van der Waals surface area (Å²) in [5.41, 5.74) is -0.948. The van der Waals surface area contributed by atoms with Gasteiger partial charge in [-0.15, -0.1) is 0 Å². The predicted octanol–water partition coefficient (Wildman–Crippen LogP) is 4.18. The van der Waals surface area contributed by atoms with Crippen molar-refractivity contribution in [1.29, 1.82) is 0 Å². The molecule has 4 saturated carbocycles. The van der Waals surface area contributed by atoms with Crippen LogP contribution in [0.4, 0.5) is 18.0 Å². The first-order valence-corrected chi connectivity index (χ1v) is 13.7. The number of aromatic amines is 1. The van der Waals surface area contributed by atoms with Crippen LogP contribution in [0.25, 0.3) is 0 Å². The van der Waals surface area contributed by atoms with Crippen LogP contribution in [-0.2, 0) is 12.0 Å². The summed E-state index contributed by atoms with van der Waals surface area (Å²) in [6.07, 6.45) is 5.57. The number of imidazole rings is 1. The second-order valence-corrected chi connectivity index (χ2v) is 13.2. The fourth-order valence-corrected chi connectivity index (χ4v) is 7.94. The number of carbonyl (C=O) groups is 1. The molecule has 8 rings (SSSR count). The molecule has 2 aromatic rings. The van der Waals surface area contributed by atoms with Crippen LogP contribution < -0.4 is 0 Å². The van der Waals surface area contributed by atoms with Crippen LogP contribution in [0.15, 0.2) is 12.5 Å². The summed E-state index contributed by atoms with van der Waals surface area (Å²) in [6.45, 7) is 3.81. The molecule has 2 aromatic heterocycles. The highest BCUT2D eigenvalue weighted by Gasteiger charge is 2.66. The van der Waals surface area contributed by atoms with Gasteiger partial charge in [0.1, 0.15) is 11.2 Å². The quantitative estimate of drug-likeness (QED) is 0.648. The lowest BCUT2D eigenvalue weighted by Crippen LogP contribution is -2.71. The first kappa shape index (κ1) is 22.4. The SMILES string of the molecule is O=C(N1CC2(CC(Cn3cncc3C3(C(F)(F)F)CC3)C2)C1)N1CC2(CC(c3n[nH]c(C4CC4)n3)C2)C1. The van der Waals surface area contributed by atoms with E-state index in [-0.39, 0.29) is 29.7 Å². The Balaban J connectivity index is 0.798. The molecule has 4 heterocycles. The van der Waals surface area contributed by atoms with Crippen LogP contribution in [0.5, 0.6) is 0 Å². The van der Waals surface area contributed by atoms with Crippen molar-refractivity contribution in [3.63, 3.8) is 0 Å². The summed E-state index contributed by atoms with van der Waals surface area (Å²) in [4.78, 5) is 25.7. The third kappa shape index (κ3) is 3.34. The Labute approximate surface area is 213 Å². The maximum atomic E-state index is 13.6. The summed E-state index contributed by atoms with van der Waals surface area (Å²) in [5.74, 6) is 3.36. The Morgan fingerprint density at radius 2 is 1.65 bits per heavy atom. The molecule has 0 radical (unpaired) electrons. The maximum absolute atomic E-state index is 13.6. The lowest BCUT2D eigenvalue weighted by Gasteiger charge is -2.63. The zero-order valence-corrected chi connectivity index (χ0v) is 20.8. The number of urea groups is 1. The first-order valence-electron chi connectivity index (χ1n) is 13.7. The van der Waals surface area contributed by atoms with Crippen molar-refractivity contribution < 1.29 is 18.0 Å². The van der Waals surface area contributed by atoms with Crippen LogP contribution in [0.1, 0.15) is 80.5 Å². The second kappa shape index (κ2) is 7.08. The van der Waals surface area contributed by atoms with Gasteiger partial charge in [0.05, 0.1) is 12.0 Å². The monoisotopic (exact) mass is 515 g/mol. The van der Waals surface area contributed by atoms with Gasteiger partial charge in [-0.25, -0.2) is 14.8 Å². The smallest absolute Gasteiger partial charge is 0.333 e. The average molecular weight is 516 g/mol. The summed E-state index contributed by atoms with van der Waals surface area (Å²) < 4.78 is 42.5. The Bertz CT molecular complexity index is 1230. The molecule has 0 atom stereocenters. The minimum Gasteiger partial charge on any atom is -0.333 e. The van der Waals surface area contributed by atoms with Crippen molar-refractivity contribution in [2.45, 2.75) is 81.3 Å². The Kier molecular flexibility index (Phi) is 4.29. The van der Waals surface area contributed by atoms with Crippen LogP contribution in [0, 0.1) is 16.7 Å². The zero-order valence-electron chi connectivity index (χ0n) is 20.8. The maximum Gasteiger partial charge on any atom is 0.399 e. The number of aromatic nitrogens is 5. The standard InChI is InChI=1S/C26H32F3N7O/c27-26(28,29)25(3-4-25)19-9-30-15-34(19)10-16-5-23(6-16)11-35(12-23)22(37)36-13-24(14-36)7-18(8-24)21-31-20(32-33-21)17-1-2-17/h9,15-18H,1-8,10-14H2,(H,31,32,33). The number of halogens is 3. The molecule has 2 saturated heterocycles. The van der Waals surface area contributed by atoms with Crippen LogP contribution in [0.3, 0.4) is 0 Å². The second-order valence-electron chi connectivity index (χ2n) is 13.2. The van der Waals surface area contributed by atoms with Crippen molar-refractivity contribution in [3.8, 4) is 0 Å². The summed E-state index contributed by atoms with van der Waals surface area (Å²) >= 11 is 0. The van der Waals surface area contributed by atoms with Gasteiger partial charge in [-0.2, -0.15) is 18.3 Å². The number of rotatable bonds is 5. The molecule has 11 heteroatoms. The van der Waals surface area contributed by atoms with E-state index in [2.05, 4.69) is 15.2 Å². The largest absolute Gasteiger partial charge is 0.399 e. The molecular weight excluding hydrogens is 483 g/mol. The van der Waals surface area contributed by atoms with E-state index in [0.717, 1.165) is 63.5 Å². The molecule has 6 fully saturated rings. The van der Waals surface area contributed by atoms with Gasteiger partial charge in [0, 0.05) is 61.6 Å². The van der Waals surface area contributed by atoms with Gasteiger partial charge >= 0.3 is 12.2 Å². The third-order valence-corrected chi connectivity index (χ3v) is 10.2. The van der Waals surface area contributed by atoms with Gasteiger partial charge in [0.25, 0.3) is 0 Å². The number of alkyl halides is 3. The van der Waals surface area contributed by atoms with E-state index in [4.69, 9.17) is 4.98 Å². The molecule has 1 N–H and O–H groups in total. The lowest BCUT2D eigenvalue weighted by molar-refractivity contribution is -0.162. The zero-order chi connectivity index (χ0) is 25.2. The van der Waals surface area contributed by atoms with E-state index in [0.29, 0.717) is 30.0 Å². The normalized spacial score (nSPS) is 27.5. The van der Waals surface area contributed by atoms with Crippen molar-refractivity contribution in [3.05, 3.63) is 29.9 Å². The van der Waals surface area contributed by atoms with Crippen molar-refractivity contribution >= 4 is 6.03 Å². The van der Waals surface area contributed by atoms with Crippen LogP contribution in [-0.4, -0.2) is 72.9 Å². The van der Waals surface area contributed by atoms with Crippen molar-refractivity contribution in [2.75, 3.05) is 26.2 Å². The molecular formula is C26H32F3N7O. The molecule has 4 aliphatic carbocycles. The fourth-order valence-electron chi connectivity index (χ4n) is 7.94. The van der Waals surface area contributed by atoms with Crippen LogP contribution in [0.2, 0.25) is 0 Å². The minimum atomic E-state index is -4.22. The number of likely N-dealkylation sites (tertiary alicyclic amines) is 2. The molecule has 0 aromatic carbocycles. The Hall–Kier alpha value is -2.59. The number of hydrogen-bond donors (Lipinski definition) is 1. The number of carbonyl (C=O) groups excluding carboxylic acids is 1. The van der Waals surface area contributed by atoms with Gasteiger partial charge < -0.3 is 14.4 Å². The molecule has 0 unspecified atom stereocenters. The highest BCUT2D eigenvalue weighted by atomic mass is 19.4. The van der Waals surface area contributed by atoms with E-state index in [9.17, 15) is 18.0 Å². The summed E-state index contributed by atoms with van der Waals surface area (Å²) in [5, 5.41) is 7.55. The summed E-state index contributed by atoms with van der Waals surface area (Å²) in [7, 11) is 0. The van der Waals surface area contributed by atoms with Gasteiger partial charge in [-0.05, 0) is 57.3 Å². The van der Waals surface area contributed by atoms with E-state index in [1.807, 2.05) is 9.80 Å². The molecule has 8 nitrogen and oxygen atoms in total. The molecule has 2 aliphatic heterocycles. The van der Waals surface area contributed by atoms with Gasteiger partial charge in [-0.3, -0.25) is 5.10 Å². The topological polar surface area (TPSA) is 82.9 Å². The predicted molar refractivity (Wildman–Crippen MR) is 126 cm³/mol. The average Bonchev–Trinajstić information content (AvgIpc) is 3.66. The molecule has 198 valence electrons. The van der Waals surface area contributed by atoms with Crippen molar-refractivity contribution in [2.24, 2.45) is 16.7 Å². The van der Waals surface area contributed by atoms with Gasteiger partial charge in [0.2, 0.25) is 0 Å². The lowest BCUT2D eigenvalue weighted by atomic mass is 9.57. The molecule has 2 spiro atoms.